The third kappa shape index (κ3) is 6.04. The molecule has 0 aromatic carbocycles. The first kappa shape index (κ1) is 9.91. The van der Waals surface area contributed by atoms with Gasteiger partial charge in [0.05, 0.1) is 5.75 Å². The van der Waals surface area contributed by atoms with Gasteiger partial charge in [-0.15, -0.1) is 0 Å². The van der Waals surface area contributed by atoms with Gasteiger partial charge in [-0.2, -0.15) is 8.42 Å². The highest BCUT2D eigenvalue weighted by atomic mass is 32.2. The van der Waals surface area contributed by atoms with Gasteiger partial charge in [0.15, 0.2) is 0 Å². The van der Waals surface area contributed by atoms with E-state index in [0.717, 1.165) is 12.8 Å². The maximum Gasteiger partial charge on any atom is 0.294 e. The van der Waals surface area contributed by atoms with Crippen molar-refractivity contribution >= 4 is 10.1 Å². The molecule has 0 aromatic rings. The average molecular weight is 165 g/mol. The minimum absolute atomic E-state index is 0.00694. The fraction of sp³-hybridized carbons (Fsp3) is 1.00. The first-order chi connectivity index (χ1) is 4.45. The molecule has 0 spiro atoms. The molecule has 3 nitrogen and oxygen atoms in total. The van der Waals surface area contributed by atoms with Gasteiger partial charge >= 0.3 is 0 Å². The summed E-state index contributed by atoms with van der Waals surface area (Å²) in [5.41, 5.74) is 0. The van der Waals surface area contributed by atoms with E-state index < -0.39 is 10.1 Å². The quantitative estimate of drug-likeness (QED) is 0.628. The molecule has 0 rings (SSSR count). The zero-order chi connectivity index (χ0) is 8.20. The van der Waals surface area contributed by atoms with Crippen LogP contribution in [0.2, 0.25) is 0 Å². The second-order valence-electron chi connectivity index (χ2n) is 2.62. The Morgan fingerprint density at radius 3 is 2.20 bits per heavy atom. The van der Waals surface area contributed by atoms with Gasteiger partial charge in [0.25, 0.3) is 10.1 Å². The van der Waals surface area contributed by atoms with Crippen molar-refractivity contribution in [2.24, 2.45) is 5.92 Å². The SMILES string of the molecule is CCCC(C)CS([O])(=O)=O. The van der Waals surface area contributed by atoms with E-state index in [9.17, 15) is 13.0 Å². The van der Waals surface area contributed by atoms with Crippen molar-refractivity contribution in [3.63, 3.8) is 0 Å². The summed E-state index contributed by atoms with van der Waals surface area (Å²) in [6.07, 6.45) is 1.73. The largest absolute Gasteiger partial charge is 0.294 e. The van der Waals surface area contributed by atoms with E-state index in [1.54, 1.807) is 6.92 Å². The van der Waals surface area contributed by atoms with E-state index in [1.165, 1.54) is 0 Å². The first-order valence-corrected chi connectivity index (χ1v) is 4.97. The summed E-state index contributed by atoms with van der Waals surface area (Å²) in [5.74, 6) is -0.214. The fourth-order valence-electron chi connectivity index (χ4n) is 0.925. The van der Waals surface area contributed by atoms with Crippen LogP contribution < -0.4 is 0 Å². The average Bonchev–Trinajstić information content (AvgIpc) is 1.59. The molecule has 0 N–H and O–H groups in total. The normalized spacial score (nSPS) is 15.1. The van der Waals surface area contributed by atoms with E-state index in [0.29, 0.717) is 0 Å². The summed E-state index contributed by atoms with van der Waals surface area (Å²) >= 11 is 0. The van der Waals surface area contributed by atoms with Crippen molar-refractivity contribution in [3.05, 3.63) is 0 Å². The smallest absolute Gasteiger partial charge is 0.197 e. The van der Waals surface area contributed by atoms with Crippen molar-refractivity contribution in [1.82, 2.24) is 0 Å². The molecule has 0 bridgehead atoms. The molecule has 1 radical (unpaired) electrons. The van der Waals surface area contributed by atoms with Crippen molar-refractivity contribution < 1.29 is 13.0 Å². The molecule has 0 aliphatic heterocycles. The highest BCUT2D eigenvalue weighted by molar-refractivity contribution is 7.85. The molecular weight excluding hydrogens is 152 g/mol. The van der Waals surface area contributed by atoms with Crippen LogP contribution in [0.1, 0.15) is 26.7 Å². The van der Waals surface area contributed by atoms with Gasteiger partial charge in [0, 0.05) is 0 Å². The lowest BCUT2D eigenvalue weighted by molar-refractivity contribution is 0.402. The molecule has 61 valence electrons. The molecule has 0 saturated carbocycles. The molecule has 4 heteroatoms. The van der Waals surface area contributed by atoms with E-state index >= 15 is 0 Å². The first-order valence-electron chi connectivity index (χ1n) is 3.39. The van der Waals surface area contributed by atoms with Crippen LogP contribution in [0.5, 0.6) is 0 Å². The molecule has 0 aliphatic rings. The highest BCUT2D eigenvalue weighted by Crippen LogP contribution is 2.06. The molecule has 1 unspecified atom stereocenters. The van der Waals surface area contributed by atoms with Gasteiger partial charge < -0.3 is 0 Å². The van der Waals surface area contributed by atoms with Crippen LogP contribution >= 0.6 is 0 Å². The molecule has 0 fully saturated rings. The number of rotatable bonds is 4. The van der Waals surface area contributed by atoms with Crippen LogP contribution in [-0.2, 0) is 14.7 Å². The van der Waals surface area contributed by atoms with Crippen molar-refractivity contribution in [1.29, 1.82) is 0 Å². The molecule has 0 heterocycles. The Bertz CT molecular complexity index is 171. The molecule has 10 heavy (non-hydrogen) atoms. The van der Waals surface area contributed by atoms with Crippen LogP contribution in [0, 0.1) is 5.92 Å². The Morgan fingerprint density at radius 2 is 1.90 bits per heavy atom. The van der Waals surface area contributed by atoms with E-state index in [2.05, 4.69) is 0 Å². The van der Waals surface area contributed by atoms with E-state index in [1.807, 2.05) is 6.92 Å². The lowest BCUT2D eigenvalue weighted by Crippen LogP contribution is -2.10. The van der Waals surface area contributed by atoms with Crippen LogP contribution in [-0.4, -0.2) is 14.2 Å². The maximum absolute atomic E-state index is 10.2. The monoisotopic (exact) mass is 165 g/mol. The van der Waals surface area contributed by atoms with E-state index in [-0.39, 0.29) is 11.7 Å². The third-order valence-corrected chi connectivity index (χ3v) is 2.25. The van der Waals surface area contributed by atoms with Gasteiger partial charge in [-0.3, -0.25) is 0 Å². The number of hydrogen-bond acceptors (Lipinski definition) is 2. The van der Waals surface area contributed by atoms with Crippen LogP contribution in [0.3, 0.4) is 0 Å². The summed E-state index contributed by atoms with van der Waals surface area (Å²) < 4.78 is 30.5. The minimum Gasteiger partial charge on any atom is -0.197 e. The summed E-state index contributed by atoms with van der Waals surface area (Å²) in [4.78, 5) is 0. The summed E-state index contributed by atoms with van der Waals surface area (Å²) in [6.45, 7) is 3.74. The second kappa shape index (κ2) is 3.93. The molecule has 1 atom stereocenters. The lowest BCUT2D eigenvalue weighted by atomic mass is 10.1. The van der Waals surface area contributed by atoms with Crippen molar-refractivity contribution in [3.8, 4) is 0 Å². The lowest BCUT2D eigenvalue weighted by Gasteiger charge is -2.04. The minimum atomic E-state index is -4.00. The Labute approximate surface area is 62.2 Å². The Hall–Kier alpha value is -0.0900. The Balaban J connectivity index is 3.69. The van der Waals surface area contributed by atoms with Crippen LogP contribution in [0.15, 0.2) is 0 Å². The standard InChI is InChI=1S/C6H13O3S/c1-3-4-6(2)5-10(7,8)9/h6H,3-5H2,1-2H3. The predicted molar refractivity (Wildman–Crippen MR) is 38.5 cm³/mol. The second-order valence-corrected chi connectivity index (χ2v) is 4.07. The topological polar surface area (TPSA) is 54.0 Å². The number of hydrogen-bond donors (Lipinski definition) is 0. The summed E-state index contributed by atoms with van der Waals surface area (Å²) in [5, 5.41) is 0. The summed E-state index contributed by atoms with van der Waals surface area (Å²) in [7, 11) is -4.00. The zero-order valence-electron chi connectivity index (χ0n) is 6.33. The van der Waals surface area contributed by atoms with Gasteiger partial charge in [-0.05, 0) is 12.3 Å². The maximum atomic E-state index is 10.2. The molecule has 0 aromatic heterocycles. The van der Waals surface area contributed by atoms with Crippen LogP contribution in [0.25, 0.3) is 0 Å². The van der Waals surface area contributed by atoms with Gasteiger partial charge in [-0.1, -0.05) is 24.8 Å². The Kier molecular flexibility index (Phi) is 3.89. The molecule has 0 amide bonds. The molecule has 0 saturated heterocycles. The zero-order valence-corrected chi connectivity index (χ0v) is 7.15. The van der Waals surface area contributed by atoms with E-state index in [4.69, 9.17) is 0 Å². The van der Waals surface area contributed by atoms with Crippen molar-refractivity contribution in [2.75, 3.05) is 5.75 Å². The predicted octanol–water partition coefficient (Wildman–Crippen LogP) is 1.18. The van der Waals surface area contributed by atoms with Crippen molar-refractivity contribution in [2.45, 2.75) is 26.7 Å². The fourth-order valence-corrected chi connectivity index (χ4v) is 1.79. The molecular formula is C6H13O3S. The summed E-state index contributed by atoms with van der Waals surface area (Å²) in [6, 6.07) is 0. The molecule has 0 aliphatic carbocycles. The Morgan fingerprint density at radius 1 is 1.40 bits per heavy atom. The third-order valence-electron chi connectivity index (χ3n) is 1.27. The van der Waals surface area contributed by atoms with Gasteiger partial charge in [0.1, 0.15) is 0 Å². The van der Waals surface area contributed by atoms with Crippen LogP contribution in [0.4, 0.5) is 0 Å². The van der Waals surface area contributed by atoms with Gasteiger partial charge in [0.2, 0.25) is 0 Å². The highest BCUT2D eigenvalue weighted by Gasteiger charge is 2.12. The van der Waals surface area contributed by atoms with Gasteiger partial charge in [-0.25, -0.2) is 0 Å².